The van der Waals surface area contributed by atoms with E-state index < -0.39 is 10.0 Å². The van der Waals surface area contributed by atoms with Crippen LogP contribution < -0.4 is 5.73 Å². The van der Waals surface area contributed by atoms with Crippen molar-refractivity contribution in [2.45, 2.75) is 18.4 Å². The van der Waals surface area contributed by atoms with Gasteiger partial charge in [0.1, 0.15) is 0 Å². The molecule has 2 N–H and O–H groups in total. The molecule has 3 aromatic heterocycles. The number of nitrogens with zero attached hydrogens (tertiary/aromatic N) is 3. The van der Waals surface area contributed by atoms with Gasteiger partial charge in [0, 0.05) is 23.2 Å². The molecule has 0 spiro atoms. The lowest BCUT2D eigenvalue weighted by Crippen LogP contribution is -2.14. The van der Waals surface area contributed by atoms with Crippen molar-refractivity contribution in [3.8, 4) is 0 Å². The molecule has 0 aliphatic carbocycles. The molecule has 1 aromatic carbocycles. The Kier molecular flexibility index (Phi) is 3.88. The fraction of sp³-hybridized carbons (Fsp3) is 0.188. The number of benzene rings is 1. The molecular formula is C16H15ClN4O2S2. The van der Waals surface area contributed by atoms with Crippen molar-refractivity contribution in [1.82, 2.24) is 13.4 Å². The molecule has 4 aromatic rings. The highest BCUT2D eigenvalue weighted by molar-refractivity contribution is 7.90. The standard InChI is InChI=1S/C16H15ClN4O2S2/c1-10-2-3-13-12(8-10)11(4-5-18)9-21(13)25(22,23)15-14(17)19-16-20(15)6-7-24-16/h2-3,6-9H,4-5,18H2,1H3. The van der Waals surface area contributed by atoms with Crippen molar-refractivity contribution >= 4 is 48.8 Å². The molecule has 0 saturated heterocycles. The number of imidazole rings is 1. The van der Waals surface area contributed by atoms with Gasteiger partial charge in [-0.25, -0.2) is 8.96 Å². The number of hydrogen-bond donors (Lipinski definition) is 1. The van der Waals surface area contributed by atoms with Crippen LogP contribution in [-0.2, 0) is 16.4 Å². The van der Waals surface area contributed by atoms with Crippen molar-refractivity contribution in [2.75, 3.05) is 6.54 Å². The van der Waals surface area contributed by atoms with Gasteiger partial charge in [-0.1, -0.05) is 23.2 Å². The summed E-state index contributed by atoms with van der Waals surface area (Å²) in [6, 6.07) is 5.67. The van der Waals surface area contributed by atoms with Crippen LogP contribution in [0.1, 0.15) is 11.1 Å². The third-order valence-corrected chi connectivity index (χ3v) is 6.93. The summed E-state index contributed by atoms with van der Waals surface area (Å²) in [5.74, 6) is 0. The zero-order chi connectivity index (χ0) is 17.8. The van der Waals surface area contributed by atoms with E-state index >= 15 is 0 Å². The molecule has 0 amide bonds. The third-order valence-electron chi connectivity index (χ3n) is 4.10. The fourth-order valence-corrected chi connectivity index (χ4v) is 5.81. The first-order chi connectivity index (χ1) is 11.9. The summed E-state index contributed by atoms with van der Waals surface area (Å²) in [4.78, 5) is 4.68. The van der Waals surface area contributed by atoms with E-state index in [4.69, 9.17) is 17.3 Å². The maximum absolute atomic E-state index is 13.3. The Labute approximate surface area is 153 Å². The molecule has 0 atom stereocenters. The van der Waals surface area contributed by atoms with Gasteiger partial charge < -0.3 is 5.73 Å². The smallest absolute Gasteiger partial charge is 0.287 e. The van der Waals surface area contributed by atoms with Crippen molar-refractivity contribution in [2.24, 2.45) is 5.73 Å². The number of halogens is 1. The number of aryl methyl sites for hydroxylation is 1. The fourth-order valence-electron chi connectivity index (χ4n) is 3.00. The number of rotatable bonds is 4. The van der Waals surface area contributed by atoms with Gasteiger partial charge in [0.25, 0.3) is 10.0 Å². The Hall–Kier alpha value is -1.87. The normalized spacial score (nSPS) is 12.4. The van der Waals surface area contributed by atoms with Crippen molar-refractivity contribution in [1.29, 1.82) is 0 Å². The molecule has 4 rings (SSSR count). The maximum atomic E-state index is 13.3. The Morgan fingerprint density at radius 3 is 2.92 bits per heavy atom. The maximum Gasteiger partial charge on any atom is 0.287 e. The highest BCUT2D eigenvalue weighted by Crippen LogP contribution is 2.31. The zero-order valence-electron chi connectivity index (χ0n) is 13.3. The monoisotopic (exact) mass is 394 g/mol. The van der Waals surface area contributed by atoms with Gasteiger partial charge in [-0.2, -0.15) is 8.42 Å². The van der Waals surface area contributed by atoms with Crippen LogP contribution >= 0.6 is 22.9 Å². The van der Waals surface area contributed by atoms with Crippen molar-refractivity contribution in [3.63, 3.8) is 0 Å². The first-order valence-electron chi connectivity index (χ1n) is 7.61. The molecule has 0 radical (unpaired) electrons. The van der Waals surface area contributed by atoms with Gasteiger partial charge in [-0.05, 0) is 37.6 Å². The van der Waals surface area contributed by atoms with Gasteiger partial charge in [-0.3, -0.25) is 4.40 Å². The van der Waals surface area contributed by atoms with E-state index in [0.717, 1.165) is 16.5 Å². The van der Waals surface area contributed by atoms with Crippen LogP contribution in [0.2, 0.25) is 5.15 Å². The van der Waals surface area contributed by atoms with E-state index in [-0.39, 0.29) is 10.2 Å². The van der Waals surface area contributed by atoms with E-state index in [9.17, 15) is 8.42 Å². The predicted molar refractivity (Wildman–Crippen MR) is 100 cm³/mol. The summed E-state index contributed by atoms with van der Waals surface area (Å²) in [5, 5.41) is 2.61. The van der Waals surface area contributed by atoms with Gasteiger partial charge in [-0.15, -0.1) is 11.3 Å². The van der Waals surface area contributed by atoms with E-state index in [1.54, 1.807) is 17.8 Å². The first-order valence-corrected chi connectivity index (χ1v) is 10.3. The minimum atomic E-state index is -3.91. The van der Waals surface area contributed by atoms with Crippen LogP contribution in [0.3, 0.4) is 0 Å². The summed E-state index contributed by atoms with van der Waals surface area (Å²) >= 11 is 7.48. The quantitative estimate of drug-likeness (QED) is 0.576. The average molecular weight is 395 g/mol. The topological polar surface area (TPSA) is 82.4 Å². The van der Waals surface area contributed by atoms with Crippen LogP contribution in [0.4, 0.5) is 0 Å². The second kappa shape index (κ2) is 5.84. The molecule has 0 fully saturated rings. The predicted octanol–water partition coefficient (Wildman–Crippen LogP) is 3.05. The van der Waals surface area contributed by atoms with Crippen LogP contribution in [0.15, 0.2) is 41.0 Å². The molecule has 0 aliphatic rings. The largest absolute Gasteiger partial charge is 0.330 e. The zero-order valence-corrected chi connectivity index (χ0v) is 15.7. The summed E-state index contributed by atoms with van der Waals surface area (Å²) < 4.78 is 29.5. The molecule has 3 heterocycles. The number of nitrogens with two attached hydrogens (primary N) is 1. The molecule has 130 valence electrons. The van der Waals surface area contributed by atoms with Crippen LogP contribution in [0, 0.1) is 6.92 Å². The first kappa shape index (κ1) is 16.6. The lowest BCUT2D eigenvalue weighted by atomic mass is 10.1. The highest BCUT2D eigenvalue weighted by atomic mass is 35.5. The summed E-state index contributed by atoms with van der Waals surface area (Å²) in [6.07, 6.45) is 3.88. The summed E-state index contributed by atoms with van der Waals surface area (Å²) in [6.45, 7) is 2.41. The van der Waals surface area contributed by atoms with Crippen molar-refractivity contribution < 1.29 is 8.42 Å². The number of aromatic nitrogens is 3. The van der Waals surface area contributed by atoms with Gasteiger partial charge >= 0.3 is 0 Å². The third kappa shape index (κ3) is 2.48. The van der Waals surface area contributed by atoms with Gasteiger partial charge in [0.2, 0.25) is 5.03 Å². The number of thiazole rings is 1. The van der Waals surface area contributed by atoms with Crippen LogP contribution in [0.25, 0.3) is 15.9 Å². The Bertz CT molecular complexity index is 1200. The molecule has 0 bridgehead atoms. The number of fused-ring (bicyclic) bond motifs is 2. The summed E-state index contributed by atoms with van der Waals surface area (Å²) in [7, 11) is -3.91. The van der Waals surface area contributed by atoms with E-state index in [1.165, 1.54) is 19.7 Å². The SMILES string of the molecule is Cc1ccc2c(c1)c(CCN)cn2S(=O)(=O)c1c(Cl)nc2sccn12. The van der Waals surface area contributed by atoms with E-state index in [1.807, 2.05) is 25.1 Å². The minimum Gasteiger partial charge on any atom is -0.330 e. The Morgan fingerprint density at radius 2 is 2.16 bits per heavy atom. The second-order valence-electron chi connectivity index (χ2n) is 5.78. The van der Waals surface area contributed by atoms with Crippen LogP contribution in [-0.4, -0.2) is 28.3 Å². The highest BCUT2D eigenvalue weighted by Gasteiger charge is 2.28. The molecule has 9 heteroatoms. The molecule has 0 aliphatic heterocycles. The Balaban J connectivity index is 2.03. The summed E-state index contributed by atoms with van der Waals surface area (Å²) in [5.41, 5.74) is 8.26. The lowest BCUT2D eigenvalue weighted by Gasteiger charge is -2.07. The van der Waals surface area contributed by atoms with Gasteiger partial charge in [0.15, 0.2) is 10.1 Å². The molecule has 6 nitrogen and oxygen atoms in total. The van der Waals surface area contributed by atoms with E-state index in [2.05, 4.69) is 4.98 Å². The molecule has 0 saturated carbocycles. The molecular weight excluding hydrogens is 380 g/mol. The molecule has 0 unspecified atom stereocenters. The number of hydrogen-bond acceptors (Lipinski definition) is 5. The molecule has 25 heavy (non-hydrogen) atoms. The average Bonchev–Trinajstić information content (AvgIpc) is 3.20. The second-order valence-corrected chi connectivity index (χ2v) is 8.74. The van der Waals surface area contributed by atoms with Gasteiger partial charge in [0.05, 0.1) is 5.52 Å². The van der Waals surface area contributed by atoms with Crippen molar-refractivity contribution in [3.05, 3.63) is 52.3 Å². The minimum absolute atomic E-state index is 0.0257. The Morgan fingerprint density at radius 1 is 1.36 bits per heavy atom. The van der Waals surface area contributed by atoms with Crippen LogP contribution in [0.5, 0.6) is 0 Å². The lowest BCUT2D eigenvalue weighted by molar-refractivity contribution is 0.584. The van der Waals surface area contributed by atoms with E-state index in [0.29, 0.717) is 23.4 Å².